The van der Waals surface area contributed by atoms with Crippen molar-refractivity contribution < 1.29 is 34.8 Å². The normalized spacial score (nSPS) is 18.7. The van der Waals surface area contributed by atoms with E-state index in [0.717, 1.165) is 6.92 Å². The van der Waals surface area contributed by atoms with Crippen LogP contribution in [0.5, 0.6) is 0 Å². The van der Waals surface area contributed by atoms with Crippen LogP contribution in [-0.4, -0.2) is 63.7 Å². The van der Waals surface area contributed by atoms with Crippen LogP contribution in [0.15, 0.2) is 0 Å². The Labute approximate surface area is 85.9 Å². The third-order valence-electron chi connectivity index (χ3n) is 1.70. The molecule has 0 aliphatic rings. The lowest BCUT2D eigenvalue weighted by molar-refractivity contribution is -0.166. The Morgan fingerprint density at radius 2 is 1.87 bits per heavy atom. The number of aliphatic hydroxyl groups is 4. The quantitative estimate of drug-likeness (QED) is 0.282. The van der Waals surface area contributed by atoms with Crippen LogP contribution < -0.4 is 0 Å². The third-order valence-corrected chi connectivity index (χ3v) is 1.70. The molecule has 0 aromatic heterocycles. The van der Waals surface area contributed by atoms with Crippen molar-refractivity contribution in [1.82, 2.24) is 0 Å². The molecule has 4 unspecified atom stereocenters. The molecule has 0 heterocycles. The molecule has 0 aromatic carbocycles. The van der Waals surface area contributed by atoms with Crippen molar-refractivity contribution in [3.05, 3.63) is 0 Å². The molecule has 0 amide bonds. The first-order chi connectivity index (χ1) is 6.93. The highest BCUT2D eigenvalue weighted by atomic mass is 16.6. The highest BCUT2D eigenvalue weighted by molar-refractivity contribution is 5.70. The van der Waals surface area contributed by atoms with Crippen LogP contribution in [0.25, 0.3) is 0 Å². The highest BCUT2D eigenvalue weighted by Crippen LogP contribution is 2.06. The van der Waals surface area contributed by atoms with E-state index in [9.17, 15) is 19.8 Å². The Hall–Kier alpha value is -1.02. The van der Waals surface area contributed by atoms with Crippen molar-refractivity contribution in [3.8, 4) is 0 Å². The Balaban J connectivity index is 4.42. The van der Waals surface area contributed by atoms with Gasteiger partial charge in [-0.15, -0.1) is 0 Å². The SMILES string of the molecule is CC(=O)OC(C=O)C(O)C(O)C(O)CO. The first-order valence-corrected chi connectivity index (χ1v) is 4.21. The number of ether oxygens (including phenoxy) is 1. The number of rotatable bonds is 6. The Morgan fingerprint density at radius 1 is 1.33 bits per heavy atom. The molecule has 4 N–H and O–H groups in total. The zero-order chi connectivity index (χ0) is 12.0. The Bertz CT molecular complexity index is 217. The lowest BCUT2D eigenvalue weighted by Crippen LogP contribution is -2.47. The van der Waals surface area contributed by atoms with Gasteiger partial charge in [-0.3, -0.25) is 9.59 Å². The molecule has 15 heavy (non-hydrogen) atoms. The van der Waals surface area contributed by atoms with E-state index in [4.69, 9.17) is 10.2 Å². The molecule has 0 spiro atoms. The summed E-state index contributed by atoms with van der Waals surface area (Å²) < 4.78 is 4.37. The molecule has 0 aliphatic carbocycles. The van der Waals surface area contributed by atoms with E-state index >= 15 is 0 Å². The fourth-order valence-corrected chi connectivity index (χ4v) is 0.900. The second kappa shape index (κ2) is 6.46. The summed E-state index contributed by atoms with van der Waals surface area (Å²) in [4.78, 5) is 20.9. The van der Waals surface area contributed by atoms with Gasteiger partial charge in [-0.2, -0.15) is 0 Å². The molecule has 0 rings (SSSR count). The molecule has 0 aliphatic heterocycles. The molecule has 0 bridgehead atoms. The monoisotopic (exact) mass is 222 g/mol. The number of hydrogen-bond donors (Lipinski definition) is 4. The zero-order valence-corrected chi connectivity index (χ0v) is 8.11. The molecule has 4 atom stereocenters. The van der Waals surface area contributed by atoms with Crippen LogP contribution in [0.1, 0.15) is 6.92 Å². The fourth-order valence-electron chi connectivity index (χ4n) is 0.900. The Kier molecular flexibility index (Phi) is 6.02. The lowest BCUT2D eigenvalue weighted by Gasteiger charge is -2.24. The van der Waals surface area contributed by atoms with Crippen LogP contribution in [0.3, 0.4) is 0 Å². The van der Waals surface area contributed by atoms with Gasteiger partial charge in [0.25, 0.3) is 0 Å². The molecule has 0 saturated heterocycles. The second-order valence-corrected chi connectivity index (χ2v) is 2.94. The van der Waals surface area contributed by atoms with Gasteiger partial charge in [0, 0.05) is 6.92 Å². The minimum atomic E-state index is -1.78. The summed E-state index contributed by atoms with van der Waals surface area (Å²) in [6.07, 6.45) is -6.62. The number of carbonyl (C=O) groups excluding carboxylic acids is 2. The number of carbonyl (C=O) groups is 2. The molecule has 0 aromatic rings. The smallest absolute Gasteiger partial charge is 0.303 e. The van der Waals surface area contributed by atoms with Gasteiger partial charge in [-0.1, -0.05) is 0 Å². The van der Waals surface area contributed by atoms with E-state index in [-0.39, 0.29) is 6.29 Å². The predicted octanol–water partition coefficient (Wildman–Crippen LogP) is -2.81. The van der Waals surface area contributed by atoms with Gasteiger partial charge in [0.2, 0.25) is 0 Å². The van der Waals surface area contributed by atoms with Crippen molar-refractivity contribution in [1.29, 1.82) is 0 Å². The topological polar surface area (TPSA) is 124 Å². The summed E-state index contributed by atoms with van der Waals surface area (Å²) in [5.74, 6) is -0.808. The highest BCUT2D eigenvalue weighted by Gasteiger charge is 2.32. The van der Waals surface area contributed by atoms with Gasteiger partial charge in [-0.05, 0) is 0 Å². The molecule has 0 fully saturated rings. The van der Waals surface area contributed by atoms with Gasteiger partial charge >= 0.3 is 5.97 Å². The van der Waals surface area contributed by atoms with Crippen molar-refractivity contribution in [2.24, 2.45) is 0 Å². The Morgan fingerprint density at radius 3 is 2.20 bits per heavy atom. The molecular formula is C8H14O7. The maximum Gasteiger partial charge on any atom is 0.303 e. The van der Waals surface area contributed by atoms with E-state index in [1.807, 2.05) is 0 Å². The molecule has 7 heteroatoms. The summed E-state index contributed by atoms with van der Waals surface area (Å²) in [6, 6.07) is 0. The summed E-state index contributed by atoms with van der Waals surface area (Å²) in [5.41, 5.74) is 0. The summed E-state index contributed by atoms with van der Waals surface area (Å²) in [7, 11) is 0. The van der Waals surface area contributed by atoms with Gasteiger partial charge in [-0.25, -0.2) is 0 Å². The predicted molar refractivity (Wildman–Crippen MR) is 46.7 cm³/mol. The largest absolute Gasteiger partial charge is 0.452 e. The molecule has 0 saturated carbocycles. The summed E-state index contributed by atoms with van der Waals surface area (Å²) in [6.45, 7) is 0.238. The number of aldehydes is 1. The first kappa shape index (κ1) is 14.0. The average molecular weight is 222 g/mol. The van der Waals surface area contributed by atoms with E-state index in [0.29, 0.717) is 0 Å². The zero-order valence-electron chi connectivity index (χ0n) is 8.11. The van der Waals surface area contributed by atoms with Gasteiger partial charge in [0.1, 0.15) is 18.3 Å². The number of aliphatic hydroxyl groups excluding tert-OH is 4. The fraction of sp³-hybridized carbons (Fsp3) is 0.750. The van der Waals surface area contributed by atoms with Gasteiger partial charge in [0.15, 0.2) is 12.4 Å². The van der Waals surface area contributed by atoms with E-state index in [2.05, 4.69) is 4.74 Å². The van der Waals surface area contributed by atoms with Crippen LogP contribution in [0.2, 0.25) is 0 Å². The van der Waals surface area contributed by atoms with E-state index in [1.165, 1.54) is 0 Å². The van der Waals surface area contributed by atoms with Crippen molar-refractivity contribution in [3.63, 3.8) is 0 Å². The van der Waals surface area contributed by atoms with E-state index < -0.39 is 37.0 Å². The number of esters is 1. The third kappa shape index (κ3) is 4.34. The average Bonchev–Trinajstić information content (AvgIpc) is 2.22. The first-order valence-electron chi connectivity index (χ1n) is 4.21. The molecule has 7 nitrogen and oxygen atoms in total. The molecule has 88 valence electrons. The standard InChI is InChI=1S/C8H14O7/c1-4(11)15-6(3-10)8(14)7(13)5(12)2-9/h3,5-9,12-14H,2H2,1H3. The van der Waals surface area contributed by atoms with Gasteiger partial charge < -0.3 is 25.2 Å². The van der Waals surface area contributed by atoms with Crippen molar-refractivity contribution in [2.45, 2.75) is 31.3 Å². The number of hydrogen-bond acceptors (Lipinski definition) is 7. The van der Waals surface area contributed by atoms with Crippen molar-refractivity contribution >= 4 is 12.3 Å². The van der Waals surface area contributed by atoms with Crippen molar-refractivity contribution in [2.75, 3.05) is 6.61 Å². The minimum Gasteiger partial charge on any atom is -0.452 e. The minimum absolute atomic E-state index is 0.124. The molecule has 0 radical (unpaired) electrons. The summed E-state index contributed by atoms with van der Waals surface area (Å²) in [5, 5.41) is 35.9. The van der Waals surface area contributed by atoms with Crippen LogP contribution >= 0.6 is 0 Å². The summed E-state index contributed by atoms with van der Waals surface area (Å²) >= 11 is 0. The van der Waals surface area contributed by atoms with Gasteiger partial charge in [0.05, 0.1) is 6.61 Å². The van der Waals surface area contributed by atoms with E-state index in [1.54, 1.807) is 0 Å². The van der Waals surface area contributed by atoms with Crippen LogP contribution in [0.4, 0.5) is 0 Å². The second-order valence-electron chi connectivity index (χ2n) is 2.94. The maximum atomic E-state index is 10.5. The van der Waals surface area contributed by atoms with Crippen LogP contribution in [0, 0.1) is 0 Å². The van der Waals surface area contributed by atoms with Crippen LogP contribution in [-0.2, 0) is 14.3 Å². The molecular weight excluding hydrogens is 208 g/mol. The maximum absolute atomic E-state index is 10.5. The lowest BCUT2D eigenvalue weighted by atomic mass is 10.0.